The van der Waals surface area contributed by atoms with Gasteiger partial charge in [-0.05, 0) is 36.4 Å². The van der Waals surface area contributed by atoms with Gasteiger partial charge in [-0.15, -0.1) is 0 Å². The Labute approximate surface area is 147 Å². The van der Waals surface area contributed by atoms with Crippen molar-refractivity contribution >= 4 is 11.7 Å². The minimum absolute atomic E-state index is 0.227. The van der Waals surface area contributed by atoms with Gasteiger partial charge >= 0.3 is 0 Å². The minimum atomic E-state index is -0.405. The standard InChI is InChI=1S/C18H13FN6O/c19-13-4-1-5-14(12-13)25-17(8-10-21-25)23-18(26)15-6-2-7-16(22-15)24-11-3-9-20-24/h1-12H,(H,23,26). The normalized spacial score (nSPS) is 10.7. The van der Waals surface area contributed by atoms with Gasteiger partial charge in [-0.2, -0.15) is 10.2 Å². The lowest BCUT2D eigenvalue weighted by molar-refractivity contribution is 0.102. The fourth-order valence-electron chi connectivity index (χ4n) is 2.47. The second kappa shape index (κ2) is 6.60. The Kier molecular flexibility index (Phi) is 3.98. The molecule has 0 saturated heterocycles. The number of aromatic nitrogens is 5. The first-order valence-electron chi connectivity index (χ1n) is 7.79. The molecule has 0 atom stereocenters. The van der Waals surface area contributed by atoms with Crippen LogP contribution >= 0.6 is 0 Å². The van der Waals surface area contributed by atoms with Gasteiger partial charge in [-0.1, -0.05) is 12.1 Å². The number of halogens is 1. The molecule has 0 radical (unpaired) electrons. The average molecular weight is 348 g/mol. The van der Waals surface area contributed by atoms with E-state index in [1.165, 1.54) is 23.0 Å². The quantitative estimate of drug-likeness (QED) is 0.615. The van der Waals surface area contributed by atoms with Crippen LogP contribution < -0.4 is 5.32 Å². The second-order valence-corrected chi connectivity index (χ2v) is 5.39. The maximum atomic E-state index is 13.5. The van der Waals surface area contributed by atoms with Gasteiger partial charge in [0.15, 0.2) is 5.82 Å². The molecule has 1 aromatic carbocycles. The van der Waals surface area contributed by atoms with Crippen LogP contribution in [-0.2, 0) is 0 Å². The highest BCUT2D eigenvalue weighted by Gasteiger charge is 2.13. The van der Waals surface area contributed by atoms with Gasteiger partial charge in [-0.25, -0.2) is 18.7 Å². The molecule has 128 valence electrons. The van der Waals surface area contributed by atoms with Gasteiger partial charge in [0, 0.05) is 18.5 Å². The average Bonchev–Trinajstić information content (AvgIpc) is 3.34. The molecule has 26 heavy (non-hydrogen) atoms. The summed E-state index contributed by atoms with van der Waals surface area (Å²) in [6, 6.07) is 14.4. The molecule has 1 amide bonds. The fraction of sp³-hybridized carbons (Fsp3) is 0. The molecule has 4 aromatic rings. The Hall–Kier alpha value is -3.81. The molecule has 1 N–H and O–H groups in total. The largest absolute Gasteiger partial charge is 0.305 e. The predicted molar refractivity (Wildman–Crippen MR) is 92.8 cm³/mol. The first-order valence-corrected chi connectivity index (χ1v) is 7.79. The van der Waals surface area contributed by atoms with E-state index in [-0.39, 0.29) is 11.5 Å². The van der Waals surface area contributed by atoms with Crippen LogP contribution in [0.2, 0.25) is 0 Å². The lowest BCUT2D eigenvalue weighted by Gasteiger charge is -2.09. The molecule has 0 saturated carbocycles. The van der Waals surface area contributed by atoms with Gasteiger partial charge in [0.1, 0.15) is 17.3 Å². The molecule has 0 bridgehead atoms. The Morgan fingerprint density at radius 3 is 2.69 bits per heavy atom. The highest BCUT2D eigenvalue weighted by atomic mass is 19.1. The number of nitrogens with one attached hydrogen (secondary N) is 1. The molecular formula is C18H13FN6O. The number of hydrogen-bond donors (Lipinski definition) is 1. The Morgan fingerprint density at radius 2 is 1.88 bits per heavy atom. The van der Waals surface area contributed by atoms with Crippen LogP contribution in [0.25, 0.3) is 11.5 Å². The molecule has 4 rings (SSSR count). The molecule has 0 unspecified atom stereocenters. The van der Waals surface area contributed by atoms with Crippen LogP contribution in [0, 0.1) is 5.82 Å². The summed E-state index contributed by atoms with van der Waals surface area (Å²) < 4.78 is 16.5. The van der Waals surface area contributed by atoms with Gasteiger partial charge in [0.2, 0.25) is 0 Å². The maximum Gasteiger partial charge on any atom is 0.275 e. The van der Waals surface area contributed by atoms with Crippen LogP contribution in [0.3, 0.4) is 0 Å². The van der Waals surface area contributed by atoms with E-state index in [9.17, 15) is 9.18 Å². The number of carbonyl (C=O) groups is 1. The zero-order valence-electron chi connectivity index (χ0n) is 13.5. The zero-order chi connectivity index (χ0) is 17.9. The first-order chi connectivity index (χ1) is 12.7. The summed E-state index contributed by atoms with van der Waals surface area (Å²) in [6.07, 6.45) is 4.89. The number of hydrogen-bond acceptors (Lipinski definition) is 4. The van der Waals surface area contributed by atoms with Crippen molar-refractivity contribution < 1.29 is 9.18 Å². The zero-order valence-corrected chi connectivity index (χ0v) is 13.5. The molecule has 0 aliphatic heterocycles. The first kappa shape index (κ1) is 15.7. The van der Waals surface area contributed by atoms with Crippen molar-refractivity contribution in [3.05, 3.63) is 84.7 Å². The van der Waals surface area contributed by atoms with Crippen molar-refractivity contribution in [2.75, 3.05) is 5.32 Å². The molecule has 0 aliphatic rings. The molecule has 0 spiro atoms. The van der Waals surface area contributed by atoms with Gasteiger partial charge < -0.3 is 5.32 Å². The summed E-state index contributed by atoms with van der Waals surface area (Å²) in [5.41, 5.74) is 0.730. The maximum absolute atomic E-state index is 13.5. The van der Waals surface area contributed by atoms with Gasteiger partial charge in [-0.3, -0.25) is 4.79 Å². The van der Waals surface area contributed by atoms with Crippen molar-refractivity contribution in [2.45, 2.75) is 0 Å². The predicted octanol–water partition coefficient (Wildman–Crippen LogP) is 2.84. The van der Waals surface area contributed by atoms with Crippen molar-refractivity contribution in [3.63, 3.8) is 0 Å². The monoisotopic (exact) mass is 348 g/mol. The molecule has 3 aromatic heterocycles. The molecule has 7 nitrogen and oxygen atoms in total. The molecule has 3 heterocycles. The number of nitrogens with zero attached hydrogens (tertiary/aromatic N) is 5. The number of anilines is 1. The van der Waals surface area contributed by atoms with Crippen LogP contribution in [0.5, 0.6) is 0 Å². The van der Waals surface area contributed by atoms with E-state index < -0.39 is 5.91 Å². The topological polar surface area (TPSA) is 77.6 Å². The Morgan fingerprint density at radius 1 is 1.00 bits per heavy atom. The molecular weight excluding hydrogens is 335 g/mol. The third-order valence-corrected chi connectivity index (χ3v) is 3.64. The number of amides is 1. The second-order valence-electron chi connectivity index (χ2n) is 5.39. The minimum Gasteiger partial charge on any atom is -0.305 e. The Bertz CT molecular complexity index is 1060. The van der Waals surface area contributed by atoms with Crippen LogP contribution in [-0.4, -0.2) is 30.5 Å². The molecule has 8 heteroatoms. The van der Waals surface area contributed by atoms with E-state index in [1.54, 1.807) is 59.5 Å². The summed E-state index contributed by atoms with van der Waals surface area (Å²) in [7, 11) is 0. The molecule has 0 fully saturated rings. The van der Waals surface area contributed by atoms with Crippen molar-refractivity contribution in [2.24, 2.45) is 0 Å². The van der Waals surface area contributed by atoms with Crippen molar-refractivity contribution in [1.29, 1.82) is 0 Å². The van der Waals surface area contributed by atoms with E-state index in [0.717, 1.165) is 0 Å². The number of benzene rings is 1. The van der Waals surface area contributed by atoms with Crippen LogP contribution in [0.15, 0.2) is 73.2 Å². The summed E-state index contributed by atoms with van der Waals surface area (Å²) in [5.74, 6) is 0.147. The lowest BCUT2D eigenvalue weighted by Crippen LogP contribution is -2.17. The van der Waals surface area contributed by atoms with E-state index in [0.29, 0.717) is 17.3 Å². The van der Waals surface area contributed by atoms with Crippen molar-refractivity contribution in [3.8, 4) is 11.5 Å². The SMILES string of the molecule is O=C(Nc1ccnn1-c1cccc(F)c1)c1cccc(-n2cccn2)n1. The fourth-order valence-corrected chi connectivity index (χ4v) is 2.47. The van der Waals surface area contributed by atoms with Crippen LogP contribution in [0.4, 0.5) is 10.2 Å². The van der Waals surface area contributed by atoms with E-state index >= 15 is 0 Å². The highest BCUT2D eigenvalue weighted by molar-refractivity contribution is 6.02. The summed E-state index contributed by atoms with van der Waals surface area (Å²) in [6.45, 7) is 0. The lowest BCUT2D eigenvalue weighted by atomic mass is 10.3. The number of carbonyl (C=O) groups excluding carboxylic acids is 1. The third-order valence-electron chi connectivity index (χ3n) is 3.64. The van der Waals surface area contributed by atoms with Crippen LogP contribution in [0.1, 0.15) is 10.5 Å². The van der Waals surface area contributed by atoms with E-state index in [2.05, 4.69) is 20.5 Å². The Balaban J connectivity index is 1.60. The van der Waals surface area contributed by atoms with Gasteiger partial charge in [0.25, 0.3) is 5.91 Å². The third kappa shape index (κ3) is 3.07. The highest BCUT2D eigenvalue weighted by Crippen LogP contribution is 2.16. The smallest absolute Gasteiger partial charge is 0.275 e. The number of rotatable bonds is 4. The number of pyridine rings is 1. The van der Waals surface area contributed by atoms with Gasteiger partial charge in [0.05, 0.1) is 11.9 Å². The summed E-state index contributed by atoms with van der Waals surface area (Å²) in [5, 5.41) is 11.0. The van der Waals surface area contributed by atoms with E-state index in [1.807, 2.05) is 0 Å². The molecule has 0 aliphatic carbocycles. The summed E-state index contributed by atoms with van der Waals surface area (Å²) >= 11 is 0. The van der Waals surface area contributed by atoms with E-state index in [4.69, 9.17) is 0 Å². The summed E-state index contributed by atoms with van der Waals surface area (Å²) in [4.78, 5) is 16.9. The van der Waals surface area contributed by atoms with Crippen molar-refractivity contribution in [1.82, 2.24) is 24.5 Å².